The third-order valence-corrected chi connectivity index (χ3v) is 3.94. The van der Waals surface area contributed by atoms with E-state index in [0.29, 0.717) is 18.9 Å². The summed E-state index contributed by atoms with van der Waals surface area (Å²) in [5.74, 6) is 1.07. The molecule has 0 aliphatic carbocycles. The molecule has 1 aliphatic heterocycles. The number of rotatable bonds is 4. The Labute approximate surface area is 134 Å². The fraction of sp³-hybridized carbons (Fsp3) is 0.562. The first-order valence-corrected chi connectivity index (χ1v) is 7.73. The van der Waals surface area contributed by atoms with E-state index < -0.39 is 6.36 Å². The number of aliphatic imine (C=N–C) groups is 1. The van der Waals surface area contributed by atoms with Gasteiger partial charge in [-0.15, -0.1) is 13.2 Å². The van der Waals surface area contributed by atoms with Crippen molar-refractivity contribution < 1.29 is 17.9 Å². The van der Waals surface area contributed by atoms with Crippen molar-refractivity contribution in [3.63, 3.8) is 0 Å². The highest BCUT2D eigenvalue weighted by molar-refractivity contribution is 5.78. The first-order valence-electron chi connectivity index (χ1n) is 7.73. The van der Waals surface area contributed by atoms with E-state index in [1.807, 2.05) is 0 Å². The van der Waals surface area contributed by atoms with Crippen LogP contribution in [0.1, 0.15) is 25.3 Å². The molecule has 1 fully saturated rings. The van der Waals surface area contributed by atoms with Gasteiger partial charge >= 0.3 is 6.36 Å². The van der Waals surface area contributed by atoms with Crippen molar-refractivity contribution >= 4 is 5.96 Å². The zero-order valence-corrected chi connectivity index (χ0v) is 13.1. The summed E-state index contributed by atoms with van der Waals surface area (Å²) in [6.45, 7) is 4.61. The van der Waals surface area contributed by atoms with Gasteiger partial charge in [-0.05, 0) is 42.9 Å². The van der Waals surface area contributed by atoms with Gasteiger partial charge in [-0.25, -0.2) is 0 Å². The molecule has 0 amide bonds. The summed E-state index contributed by atoms with van der Waals surface area (Å²) in [6.07, 6.45) is -1.79. The van der Waals surface area contributed by atoms with Crippen LogP contribution in [0, 0.1) is 5.92 Å². The van der Waals surface area contributed by atoms with Gasteiger partial charge in [-0.3, -0.25) is 4.99 Å². The number of likely N-dealkylation sites (tertiary alicyclic amines) is 1. The second-order valence-corrected chi connectivity index (χ2v) is 5.85. The topological polar surface area (TPSA) is 50.8 Å². The van der Waals surface area contributed by atoms with Crippen LogP contribution in [0.15, 0.2) is 29.3 Å². The normalized spacial score (nSPS) is 17.4. The molecule has 0 spiro atoms. The largest absolute Gasteiger partial charge is 0.573 e. The van der Waals surface area contributed by atoms with Gasteiger partial charge < -0.3 is 15.4 Å². The second-order valence-electron chi connectivity index (χ2n) is 5.85. The molecule has 0 unspecified atom stereocenters. The van der Waals surface area contributed by atoms with Crippen LogP contribution in [-0.4, -0.2) is 36.9 Å². The molecular weight excluding hydrogens is 307 g/mol. The Morgan fingerprint density at radius 3 is 2.43 bits per heavy atom. The molecule has 1 heterocycles. The molecule has 0 aromatic heterocycles. The van der Waals surface area contributed by atoms with E-state index in [1.165, 1.54) is 12.1 Å². The van der Waals surface area contributed by atoms with Gasteiger partial charge in [0.05, 0.1) is 0 Å². The minimum absolute atomic E-state index is 0.216. The van der Waals surface area contributed by atoms with E-state index in [-0.39, 0.29) is 5.75 Å². The number of nitrogens with zero attached hydrogens (tertiary/aromatic N) is 2. The third kappa shape index (κ3) is 6.00. The summed E-state index contributed by atoms with van der Waals surface area (Å²) in [6, 6.07) is 5.83. The molecule has 0 bridgehead atoms. The zero-order valence-electron chi connectivity index (χ0n) is 13.1. The molecule has 2 rings (SSSR count). The Morgan fingerprint density at radius 2 is 1.87 bits per heavy atom. The van der Waals surface area contributed by atoms with Gasteiger partial charge in [0.25, 0.3) is 0 Å². The van der Waals surface area contributed by atoms with E-state index in [4.69, 9.17) is 5.73 Å². The summed E-state index contributed by atoms with van der Waals surface area (Å²) in [7, 11) is 0. The number of piperidine rings is 1. The SMILES string of the molecule is CC1CCN(C(N)=NCCc2ccc(OC(F)(F)F)cc2)CC1. The molecule has 7 heteroatoms. The highest BCUT2D eigenvalue weighted by Gasteiger charge is 2.30. The highest BCUT2D eigenvalue weighted by Crippen LogP contribution is 2.22. The molecule has 0 atom stereocenters. The van der Waals surface area contributed by atoms with Gasteiger partial charge in [0.2, 0.25) is 0 Å². The van der Waals surface area contributed by atoms with Crippen molar-refractivity contribution in [3.8, 4) is 5.75 Å². The van der Waals surface area contributed by atoms with Gasteiger partial charge in [0, 0.05) is 19.6 Å². The molecular formula is C16H22F3N3O. The molecule has 128 valence electrons. The van der Waals surface area contributed by atoms with Gasteiger partial charge in [0.15, 0.2) is 5.96 Å². The number of ether oxygens (including phenoxy) is 1. The molecule has 1 saturated heterocycles. The Hall–Kier alpha value is -1.92. The summed E-state index contributed by atoms with van der Waals surface area (Å²) in [5.41, 5.74) is 6.87. The van der Waals surface area contributed by atoms with Crippen molar-refractivity contribution in [1.82, 2.24) is 4.90 Å². The van der Waals surface area contributed by atoms with Crippen LogP contribution in [0.2, 0.25) is 0 Å². The van der Waals surface area contributed by atoms with Crippen LogP contribution in [0.4, 0.5) is 13.2 Å². The summed E-state index contributed by atoms with van der Waals surface area (Å²) < 4.78 is 40.1. The lowest BCUT2D eigenvalue weighted by Crippen LogP contribution is -2.42. The average molecular weight is 329 g/mol. The number of hydrogen-bond donors (Lipinski definition) is 1. The lowest BCUT2D eigenvalue weighted by Gasteiger charge is -2.31. The predicted octanol–water partition coefficient (Wildman–Crippen LogP) is 3.17. The lowest BCUT2D eigenvalue weighted by atomic mass is 10.00. The van der Waals surface area contributed by atoms with Crippen molar-refractivity contribution in [2.24, 2.45) is 16.6 Å². The molecule has 2 N–H and O–H groups in total. The second kappa shape index (κ2) is 7.57. The van der Waals surface area contributed by atoms with Crippen molar-refractivity contribution in [3.05, 3.63) is 29.8 Å². The molecule has 4 nitrogen and oxygen atoms in total. The van der Waals surface area contributed by atoms with E-state index in [1.54, 1.807) is 12.1 Å². The Bertz CT molecular complexity index is 520. The molecule has 0 radical (unpaired) electrons. The van der Waals surface area contributed by atoms with Crippen LogP contribution in [0.25, 0.3) is 0 Å². The monoisotopic (exact) mass is 329 g/mol. The van der Waals surface area contributed by atoms with Gasteiger partial charge in [0.1, 0.15) is 5.75 Å². The van der Waals surface area contributed by atoms with Crippen LogP contribution < -0.4 is 10.5 Å². The quantitative estimate of drug-likeness (QED) is 0.682. The van der Waals surface area contributed by atoms with E-state index in [9.17, 15) is 13.2 Å². The predicted molar refractivity (Wildman–Crippen MR) is 83.3 cm³/mol. The van der Waals surface area contributed by atoms with Gasteiger partial charge in [-0.1, -0.05) is 19.1 Å². The number of alkyl halides is 3. The highest BCUT2D eigenvalue weighted by atomic mass is 19.4. The standard InChI is InChI=1S/C16H22F3N3O/c1-12-7-10-22(11-8-12)15(20)21-9-6-13-2-4-14(5-3-13)23-16(17,18)19/h2-5,12H,6-11H2,1H3,(H2,20,21). The van der Waals surface area contributed by atoms with Crippen LogP contribution in [-0.2, 0) is 6.42 Å². The maximum absolute atomic E-state index is 12.1. The summed E-state index contributed by atoms with van der Waals surface area (Å²) in [4.78, 5) is 6.44. The molecule has 1 aliphatic rings. The maximum atomic E-state index is 12.1. The van der Waals surface area contributed by atoms with Gasteiger partial charge in [-0.2, -0.15) is 0 Å². The summed E-state index contributed by atoms with van der Waals surface area (Å²) >= 11 is 0. The number of hydrogen-bond acceptors (Lipinski definition) is 2. The fourth-order valence-corrected chi connectivity index (χ4v) is 2.50. The smallest absolute Gasteiger partial charge is 0.406 e. The van der Waals surface area contributed by atoms with Crippen molar-refractivity contribution in [1.29, 1.82) is 0 Å². The number of nitrogens with two attached hydrogens (primary N) is 1. The lowest BCUT2D eigenvalue weighted by molar-refractivity contribution is -0.274. The minimum Gasteiger partial charge on any atom is -0.406 e. The third-order valence-electron chi connectivity index (χ3n) is 3.94. The molecule has 1 aromatic rings. The molecule has 1 aromatic carbocycles. The van der Waals surface area contributed by atoms with E-state index in [0.717, 1.165) is 37.4 Å². The first kappa shape index (κ1) is 17.4. The van der Waals surface area contributed by atoms with Crippen LogP contribution >= 0.6 is 0 Å². The zero-order chi connectivity index (χ0) is 16.9. The van der Waals surface area contributed by atoms with Crippen LogP contribution in [0.3, 0.4) is 0 Å². The van der Waals surface area contributed by atoms with Crippen molar-refractivity contribution in [2.45, 2.75) is 32.5 Å². The van der Waals surface area contributed by atoms with E-state index >= 15 is 0 Å². The number of halogens is 3. The first-order chi connectivity index (χ1) is 10.8. The number of guanidine groups is 1. The number of benzene rings is 1. The Balaban J connectivity index is 1.80. The fourth-order valence-electron chi connectivity index (χ4n) is 2.50. The van der Waals surface area contributed by atoms with E-state index in [2.05, 4.69) is 21.6 Å². The Kier molecular flexibility index (Phi) is 5.74. The maximum Gasteiger partial charge on any atom is 0.573 e. The average Bonchev–Trinajstić information content (AvgIpc) is 2.48. The molecule has 0 saturated carbocycles. The Morgan fingerprint density at radius 1 is 1.26 bits per heavy atom. The van der Waals surface area contributed by atoms with Crippen LogP contribution in [0.5, 0.6) is 5.75 Å². The minimum atomic E-state index is -4.66. The van der Waals surface area contributed by atoms with Crippen molar-refractivity contribution in [2.75, 3.05) is 19.6 Å². The molecule has 23 heavy (non-hydrogen) atoms. The summed E-state index contributed by atoms with van der Waals surface area (Å²) in [5, 5.41) is 0.